The van der Waals surface area contributed by atoms with Crippen LogP contribution in [0.3, 0.4) is 0 Å². The van der Waals surface area contributed by atoms with Crippen LogP contribution in [0.5, 0.6) is 0 Å². The first-order chi connectivity index (χ1) is 15.8. The van der Waals surface area contributed by atoms with Crippen molar-refractivity contribution in [3.8, 4) is 0 Å². The first-order valence-electron chi connectivity index (χ1n) is 12.4. The third kappa shape index (κ3) is 7.78. The molecular weight excluding hydrogens is 428 g/mol. The summed E-state index contributed by atoms with van der Waals surface area (Å²) in [6.07, 6.45) is 3.76. The average molecular weight is 470 g/mol. The monoisotopic (exact) mass is 469 g/mol. The van der Waals surface area contributed by atoms with Crippen LogP contribution >= 0.6 is 0 Å². The zero-order chi connectivity index (χ0) is 25.6. The van der Waals surface area contributed by atoms with Crippen LogP contribution in [-0.4, -0.2) is 23.9 Å². The second-order valence-electron chi connectivity index (χ2n) is 10.5. The predicted molar refractivity (Wildman–Crippen MR) is 140 cm³/mol. The number of hydrogen-bond acceptors (Lipinski definition) is 1. The maximum absolute atomic E-state index is 13.8. The Kier molecular flexibility index (Phi) is 9.61. The maximum atomic E-state index is 13.8. The molecule has 0 saturated heterocycles. The largest absolute Gasteiger partial charge is 0.334 e. The van der Waals surface area contributed by atoms with Gasteiger partial charge in [-0.25, -0.2) is 8.78 Å². The molecule has 1 amide bonds. The Labute approximate surface area is 205 Å². The lowest BCUT2D eigenvalue weighted by molar-refractivity contribution is 0.0174. The molecule has 0 radical (unpaired) electrons. The number of carbonyl (C=O) groups is 1. The Hall–Kier alpha value is -2.49. The van der Waals surface area contributed by atoms with Gasteiger partial charge in [-0.15, -0.1) is 0 Å². The molecule has 186 valence electrons. The summed E-state index contributed by atoms with van der Waals surface area (Å²) in [6, 6.07) is 11.1. The van der Waals surface area contributed by atoms with Crippen molar-refractivity contribution in [1.29, 1.82) is 0 Å². The zero-order valence-electron chi connectivity index (χ0n) is 22.1. The molecule has 0 saturated carbocycles. The molecule has 2 rings (SSSR count). The lowest BCUT2D eigenvalue weighted by atomic mass is 9.94. The molecule has 2 nitrogen and oxygen atoms in total. The summed E-state index contributed by atoms with van der Waals surface area (Å²) < 4.78 is 27.4. The van der Waals surface area contributed by atoms with Crippen LogP contribution in [0, 0.1) is 18.8 Å². The number of benzene rings is 2. The van der Waals surface area contributed by atoms with Crippen molar-refractivity contribution < 1.29 is 13.6 Å². The van der Waals surface area contributed by atoms with Gasteiger partial charge in [-0.3, -0.25) is 4.79 Å². The van der Waals surface area contributed by atoms with Crippen molar-refractivity contribution in [1.82, 2.24) is 4.90 Å². The molecule has 0 aliphatic rings. The number of amides is 1. The average Bonchev–Trinajstić information content (AvgIpc) is 2.73. The van der Waals surface area contributed by atoms with Gasteiger partial charge in [0.2, 0.25) is 0 Å². The van der Waals surface area contributed by atoms with Crippen molar-refractivity contribution in [2.24, 2.45) is 11.8 Å². The van der Waals surface area contributed by atoms with E-state index >= 15 is 0 Å². The van der Waals surface area contributed by atoms with Gasteiger partial charge in [0.25, 0.3) is 11.8 Å². The molecule has 0 unspecified atom stereocenters. The number of nitrogens with zero attached hydrogens (tertiary/aromatic N) is 1. The topological polar surface area (TPSA) is 20.3 Å². The zero-order valence-corrected chi connectivity index (χ0v) is 22.1. The van der Waals surface area contributed by atoms with Crippen LogP contribution in [0.2, 0.25) is 0 Å². The number of halogens is 2. The smallest absolute Gasteiger partial charge is 0.270 e. The van der Waals surface area contributed by atoms with Gasteiger partial charge in [-0.05, 0) is 72.9 Å². The van der Waals surface area contributed by atoms with E-state index in [0.29, 0.717) is 24.9 Å². The Morgan fingerprint density at radius 1 is 1.06 bits per heavy atom. The van der Waals surface area contributed by atoms with Gasteiger partial charge in [0.1, 0.15) is 0 Å². The molecule has 0 aromatic heterocycles. The first kappa shape index (κ1) is 27.8. The minimum atomic E-state index is -2.86. The standard InChI is InChI=1S/C30H41F2NO/c1-9-24-10-11-26(14-20(2)3)28(17-24)29(34)33(18-21(4)5)19-22(6)15-25-12-13-27(16-23(25)7)30(8,31)32/h10-13,15-17,20-21H,9,14,18-19H2,1-8H3/b22-15+. The molecule has 2 aromatic carbocycles. The molecule has 0 aliphatic carbocycles. The summed E-state index contributed by atoms with van der Waals surface area (Å²) in [4.78, 5) is 15.7. The highest BCUT2D eigenvalue weighted by Gasteiger charge is 2.24. The number of rotatable bonds is 10. The summed E-state index contributed by atoms with van der Waals surface area (Å²) in [5.74, 6) is -2.01. The maximum Gasteiger partial charge on any atom is 0.270 e. The fraction of sp³-hybridized carbons (Fsp3) is 0.500. The van der Waals surface area contributed by atoms with Gasteiger partial charge in [0, 0.05) is 31.1 Å². The van der Waals surface area contributed by atoms with Crippen LogP contribution < -0.4 is 0 Å². The SMILES string of the molecule is CCc1ccc(CC(C)C)c(C(=O)N(C/C(C)=C/c2ccc(C(C)(F)F)cc2C)CC(C)C)c1. The lowest BCUT2D eigenvalue weighted by Gasteiger charge is -2.27. The van der Waals surface area contributed by atoms with Crippen molar-refractivity contribution >= 4 is 12.0 Å². The highest BCUT2D eigenvalue weighted by atomic mass is 19.3. The minimum Gasteiger partial charge on any atom is -0.334 e. The summed E-state index contributed by atoms with van der Waals surface area (Å²) in [7, 11) is 0. The van der Waals surface area contributed by atoms with E-state index in [9.17, 15) is 13.6 Å². The van der Waals surface area contributed by atoms with Gasteiger partial charge in [0.05, 0.1) is 0 Å². The summed E-state index contributed by atoms with van der Waals surface area (Å²) in [5, 5.41) is 0. The number of aryl methyl sites for hydroxylation is 2. The molecular formula is C30H41F2NO. The van der Waals surface area contributed by atoms with E-state index < -0.39 is 5.92 Å². The fourth-order valence-electron chi connectivity index (χ4n) is 4.21. The second-order valence-corrected chi connectivity index (χ2v) is 10.5. The Balaban J connectivity index is 2.37. The quantitative estimate of drug-likeness (QED) is 0.344. The van der Waals surface area contributed by atoms with Crippen LogP contribution in [0.1, 0.15) is 86.6 Å². The van der Waals surface area contributed by atoms with E-state index in [4.69, 9.17) is 0 Å². The Morgan fingerprint density at radius 2 is 1.74 bits per heavy atom. The predicted octanol–water partition coefficient (Wildman–Crippen LogP) is 8.07. The van der Waals surface area contributed by atoms with E-state index in [-0.39, 0.29) is 11.5 Å². The van der Waals surface area contributed by atoms with Crippen LogP contribution in [0.15, 0.2) is 42.0 Å². The lowest BCUT2D eigenvalue weighted by Crippen LogP contribution is -2.36. The molecule has 4 heteroatoms. The normalized spacial score (nSPS) is 12.5. The third-order valence-corrected chi connectivity index (χ3v) is 5.93. The number of alkyl halides is 2. The number of hydrogen-bond donors (Lipinski definition) is 0. The molecule has 0 N–H and O–H groups in total. The van der Waals surface area contributed by atoms with E-state index in [2.05, 4.69) is 52.8 Å². The van der Waals surface area contributed by atoms with Gasteiger partial charge in [-0.2, -0.15) is 0 Å². The highest BCUT2D eigenvalue weighted by Crippen LogP contribution is 2.29. The van der Waals surface area contributed by atoms with Gasteiger partial charge >= 0.3 is 0 Å². The molecule has 0 heterocycles. The Morgan fingerprint density at radius 3 is 2.26 bits per heavy atom. The van der Waals surface area contributed by atoms with Crippen molar-refractivity contribution in [2.45, 2.75) is 74.2 Å². The van der Waals surface area contributed by atoms with Crippen molar-refractivity contribution in [2.75, 3.05) is 13.1 Å². The van der Waals surface area contributed by atoms with Crippen LogP contribution in [-0.2, 0) is 18.8 Å². The van der Waals surface area contributed by atoms with Gasteiger partial charge < -0.3 is 4.90 Å². The molecule has 34 heavy (non-hydrogen) atoms. The second kappa shape index (κ2) is 11.8. The summed E-state index contributed by atoms with van der Waals surface area (Å²) >= 11 is 0. The molecule has 2 aromatic rings. The van der Waals surface area contributed by atoms with Gasteiger partial charge in [0.15, 0.2) is 0 Å². The van der Waals surface area contributed by atoms with Crippen molar-refractivity contribution in [3.63, 3.8) is 0 Å². The summed E-state index contributed by atoms with van der Waals surface area (Å²) in [5.41, 5.74) is 5.80. The van der Waals surface area contributed by atoms with Crippen LogP contribution in [0.25, 0.3) is 6.08 Å². The molecule has 0 atom stereocenters. The molecule has 0 bridgehead atoms. The van der Waals surface area contributed by atoms with E-state index in [1.165, 1.54) is 6.07 Å². The molecule has 0 spiro atoms. The first-order valence-corrected chi connectivity index (χ1v) is 12.4. The number of carbonyl (C=O) groups excluding carboxylic acids is 1. The van der Waals surface area contributed by atoms with E-state index in [1.807, 2.05) is 24.8 Å². The van der Waals surface area contributed by atoms with E-state index in [0.717, 1.165) is 53.2 Å². The van der Waals surface area contributed by atoms with Gasteiger partial charge in [-0.1, -0.05) is 70.5 Å². The minimum absolute atomic E-state index is 0.0184. The Bertz CT molecular complexity index is 1010. The molecule has 0 fully saturated rings. The van der Waals surface area contributed by atoms with Crippen molar-refractivity contribution in [3.05, 3.63) is 75.4 Å². The molecule has 0 aliphatic heterocycles. The summed E-state index contributed by atoms with van der Waals surface area (Å²) in [6.45, 7) is 16.6. The highest BCUT2D eigenvalue weighted by molar-refractivity contribution is 5.96. The van der Waals surface area contributed by atoms with Crippen LogP contribution in [0.4, 0.5) is 8.78 Å². The third-order valence-electron chi connectivity index (χ3n) is 5.93. The van der Waals surface area contributed by atoms with E-state index in [1.54, 1.807) is 12.1 Å². The fourth-order valence-corrected chi connectivity index (χ4v) is 4.21.